The smallest absolute Gasteiger partial charge is 0.339 e. The summed E-state index contributed by atoms with van der Waals surface area (Å²) in [7, 11) is 4.97. The Bertz CT molecular complexity index is 443. The average molecular weight is 300 g/mol. The van der Waals surface area contributed by atoms with Crippen molar-refractivity contribution in [3.63, 3.8) is 0 Å². The lowest BCUT2D eigenvalue weighted by atomic mass is 10.1. The van der Waals surface area contributed by atoms with Crippen molar-refractivity contribution >= 4 is 33.4 Å². The molecule has 0 fully saturated rings. The SMILES string of the molecule is COC(=O)c1cc(C(=O)CBr)ccc1N(C)C. The predicted octanol–water partition coefficient (Wildman–Crippen LogP) is 2.12. The quantitative estimate of drug-likeness (QED) is 0.485. The van der Waals surface area contributed by atoms with Crippen LogP contribution in [0.3, 0.4) is 0 Å². The van der Waals surface area contributed by atoms with Crippen LogP contribution in [0.4, 0.5) is 5.69 Å². The van der Waals surface area contributed by atoms with Gasteiger partial charge in [-0.2, -0.15) is 0 Å². The zero-order valence-corrected chi connectivity index (χ0v) is 11.6. The van der Waals surface area contributed by atoms with Crippen LogP contribution < -0.4 is 4.90 Å². The fourth-order valence-corrected chi connectivity index (χ4v) is 1.77. The molecule has 17 heavy (non-hydrogen) atoms. The number of benzene rings is 1. The molecule has 1 aromatic carbocycles. The molecule has 0 aliphatic heterocycles. The van der Waals surface area contributed by atoms with E-state index >= 15 is 0 Å². The molecule has 92 valence electrons. The van der Waals surface area contributed by atoms with E-state index in [1.54, 1.807) is 23.1 Å². The highest BCUT2D eigenvalue weighted by Crippen LogP contribution is 2.21. The molecule has 0 heterocycles. The number of hydrogen-bond donors (Lipinski definition) is 0. The van der Waals surface area contributed by atoms with Crippen LogP contribution in [-0.4, -0.2) is 38.3 Å². The van der Waals surface area contributed by atoms with E-state index in [1.165, 1.54) is 7.11 Å². The Labute approximate surface area is 109 Å². The number of nitrogens with zero attached hydrogens (tertiary/aromatic N) is 1. The Morgan fingerprint density at radius 3 is 2.47 bits per heavy atom. The molecule has 0 unspecified atom stereocenters. The van der Waals surface area contributed by atoms with Crippen molar-refractivity contribution < 1.29 is 14.3 Å². The third-order valence-electron chi connectivity index (χ3n) is 2.33. The first-order valence-electron chi connectivity index (χ1n) is 5.00. The van der Waals surface area contributed by atoms with Crippen molar-refractivity contribution in [2.45, 2.75) is 0 Å². The molecule has 5 heteroatoms. The lowest BCUT2D eigenvalue weighted by Gasteiger charge is -2.16. The number of ketones is 1. The zero-order chi connectivity index (χ0) is 13.0. The van der Waals surface area contributed by atoms with Crippen molar-refractivity contribution in [1.82, 2.24) is 0 Å². The molecule has 4 nitrogen and oxygen atoms in total. The molecule has 0 aliphatic rings. The minimum absolute atomic E-state index is 0.0690. The molecule has 0 saturated carbocycles. The topological polar surface area (TPSA) is 46.6 Å². The standard InChI is InChI=1S/C12H14BrNO3/c1-14(2)10-5-4-8(11(15)7-13)6-9(10)12(16)17-3/h4-6H,7H2,1-3H3. The number of rotatable bonds is 4. The van der Waals surface area contributed by atoms with Crippen LogP contribution in [0.1, 0.15) is 20.7 Å². The number of esters is 1. The second-order valence-electron chi connectivity index (χ2n) is 3.67. The molecular weight excluding hydrogens is 286 g/mol. The molecule has 0 aliphatic carbocycles. The molecule has 1 rings (SSSR count). The van der Waals surface area contributed by atoms with Crippen LogP contribution >= 0.6 is 15.9 Å². The second-order valence-corrected chi connectivity index (χ2v) is 4.24. The predicted molar refractivity (Wildman–Crippen MR) is 70.2 cm³/mol. The van der Waals surface area contributed by atoms with Gasteiger partial charge in [0.2, 0.25) is 0 Å². The summed E-state index contributed by atoms with van der Waals surface area (Å²) in [5, 5.41) is 0.231. The second kappa shape index (κ2) is 5.82. The van der Waals surface area contributed by atoms with Gasteiger partial charge in [0, 0.05) is 19.7 Å². The van der Waals surface area contributed by atoms with E-state index in [-0.39, 0.29) is 11.1 Å². The van der Waals surface area contributed by atoms with E-state index in [0.29, 0.717) is 11.1 Å². The van der Waals surface area contributed by atoms with E-state index in [2.05, 4.69) is 15.9 Å². The zero-order valence-electron chi connectivity index (χ0n) is 9.99. The molecule has 0 aromatic heterocycles. The van der Waals surface area contributed by atoms with Gasteiger partial charge in [-0.25, -0.2) is 4.79 Å². The number of halogens is 1. The molecule has 0 N–H and O–H groups in total. The summed E-state index contributed by atoms with van der Waals surface area (Å²) >= 11 is 3.10. The Hall–Kier alpha value is -1.36. The monoisotopic (exact) mass is 299 g/mol. The fourth-order valence-electron chi connectivity index (χ4n) is 1.45. The van der Waals surface area contributed by atoms with Crippen LogP contribution in [-0.2, 0) is 4.74 Å². The van der Waals surface area contributed by atoms with Gasteiger partial charge < -0.3 is 9.64 Å². The molecule has 1 aromatic rings. The highest BCUT2D eigenvalue weighted by Gasteiger charge is 2.16. The van der Waals surface area contributed by atoms with Gasteiger partial charge in [0.15, 0.2) is 5.78 Å². The van der Waals surface area contributed by atoms with Gasteiger partial charge in [0.25, 0.3) is 0 Å². The Kier molecular flexibility index (Phi) is 4.69. The maximum atomic E-state index is 11.6. The van der Waals surface area contributed by atoms with Crippen molar-refractivity contribution in [2.24, 2.45) is 0 Å². The maximum absolute atomic E-state index is 11.6. The minimum atomic E-state index is -0.446. The number of carbonyl (C=O) groups excluding carboxylic acids is 2. The summed E-state index contributed by atoms with van der Waals surface area (Å²) in [5.41, 5.74) is 1.61. The van der Waals surface area contributed by atoms with Gasteiger partial charge in [0.05, 0.1) is 23.7 Å². The molecule has 0 bridgehead atoms. The van der Waals surface area contributed by atoms with Crippen molar-refractivity contribution in [3.8, 4) is 0 Å². The van der Waals surface area contributed by atoms with Gasteiger partial charge in [0.1, 0.15) is 0 Å². The first-order valence-corrected chi connectivity index (χ1v) is 6.12. The first-order chi connectivity index (χ1) is 8.01. The minimum Gasteiger partial charge on any atom is -0.465 e. The van der Waals surface area contributed by atoms with E-state index in [0.717, 1.165) is 5.69 Å². The van der Waals surface area contributed by atoms with Crippen molar-refractivity contribution in [2.75, 3.05) is 31.4 Å². The van der Waals surface area contributed by atoms with E-state index in [1.807, 2.05) is 14.1 Å². The van der Waals surface area contributed by atoms with E-state index in [9.17, 15) is 9.59 Å². The normalized spacial score (nSPS) is 9.88. The van der Waals surface area contributed by atoms with Crippen LogP contribution in [0.25, 0.3) is 0 Å². The van der Waals surface area contributed by atoms with Crippen LogP contribution in [0.5, 0.6) is 0 Å². The third-order valence-corrected chi connectivity index (χ3v) is 2.84. The third kappa shape index (κ3) is 3.06. The van der Waals surface area contributed by atoms with Crippen molar-refractivity contribution in [3.05, 3.63) is 29.3 Å². The number of carbonyl (C=O) groups is 2. The largest absolute Gasteiger partial charge is 0.465 e. The Morgan fingerprint density at radius 1 is 1.35 bits per heavy atom. The average Bonchev–Trinajstić information content (AvgIpc) is 2.35. The summed E-state index contributed by atoms with van der Waals surface area (Å²) in [5.74, 6) is -0.515. The fraction of sp³-hybridized carbons (Fsp3) is 0.333. The first kappa shape index (κ1) is 13.7. The van der Waals surface area contributed by atoms with Crippen LogP contribution in [0.2, 0.25) is 0 Å². The van der Waals surface area contributed by atoms with Crippen LogP contribution in [0, 0.1) is 0 Å². The van der Waals surface area contributed by atoms with Gasteiger partial charge in [-0.05, 0) is 18.2 Å². The summed E-state index contributed by atoms with van der Waals surface area (Å²) in [6.45, 7) is 0. The number of Topliss-reactive ketones (excluding diaryl/α,β-unsaturated/α-hetero) is 1. The number of ether oxygens (including phenoxy) is 1. The molecule has 0 amide bonds. The van der Waals surface area contributed by atoms with Gasteiger partial charge in [-0.1, -0.05) is 15.9 Å². The number of anilines is 1. The lowest BCUT2D eigenvalue weighted by Crippen LogP contribution is -2.16. The summed E-state index contributed by atoms with van der Waals surface area (Å²) in [6, 6.07) is 5.00. The van der Waals surface area contributed by atoms with Gasteiger partial charge >= 0.3 is 5.97 Å². The molecule has 0 atom stereocenters. The molecule has 0 radical (unpaired) electrons. The molecule has 0 spiro atoms. The molecule has 0 saturated heterocycles. The van der Waals surface area contributed by atoms with Crippen LogP contribution in [0.15, 0.2) is 18.2 Å². The van der Waals surface area contributed by atoms with E-state index in [4.69, 9.17) is 4.74 Å². The number of methoxy groups -OCH3 is 1. The lowest BCUT2D eigenvalue weighted by molar-refractivity contribution is 0.0601. The van der Waals surface area contributed by atoms with Gasteiger partial charge in [-0.3, -0.25) is 4.79 Å². The summed E-state index contributed by atoms with van der Waals surface area (Å²) in [4.78, 5) is 25.0. The number of alkyl halides is 1. The summed E-state index contributed by atoms with van der Waals surface area (Å²) in [6.07, 6.45) is 0. The Balaban J connectivity index is 3.29. The maximum Gasteiger partial charge on any atom is 0.339 e. The highest BCUT2D eigenvalue weighted by atomic mass is 79.9. The van der Waals surface area contributed by atoms with E-state index < -0.39 is 5.97 Å². The van der Waals surface area contributed by atoms with Crippen molar-refractivity contribution in [1.29, 1.82) is 0 Å². The number of hydrogen-bond acceptors (Lipinski definition) is 4. The van der Waals surface area contributed by atoms with Gasteiger partial charge in [-0.15, -0.1) is 0 Å². The Morgan fingerprint density at radius 2 is 2.00 bits per heavy atom. The summed E-state index contributed by atoms with van der Waals surface area (Å²) < 4.78 is 4.71. The molecular formula is C12H14BrNO3. The highest BCUT2D eigenvalue weighted by molar-refractivity contribution is 9.09.